The molecule has 1 aliphatic rings. The van der Waals surface area contributed by atoms with Crippen molar-refractivity contribution in [3.8, 4) is 40.0 Å². The third kappa shape index (κ3) is 10.2. The molecule has 0 aliphatic carbocycles. The topological polar surface area (TPSA) is 118 Å². The summed E-state index contributed by atoms with van der Waals surface area (Å²) >= 11 is -3.46. The monoisotopic (exact) mass is 1070 g/mol. The van der Waals surface area contributed by atoms with E-state index in [1.165, 1.54) is 32.7 Å². The SMILES string of the molecule is C[Si]1(C)C(c2cccc(-c3ccccn3)n2)=C(c2ccccc2)C(c2ccccc2)=C1c1cccc(-c2ccccn2)n1.c1cnc2c([O][Ga]([O]c3cccc4cccnc34)[O]c3cccc4cccnc34)cccc2c1. The molecule has 0 spiro atoms. The van der Waals surface area contributed by atoms with Gasteiger partial charge in [-0.25, -0.2) is 9.97 Å². The number of hydrogen-bond acceptors (Lipinski definition) is 10. The number of fused-ring (bicyclic) bond motifs is 3. The second-order valence-corrected chi connectivity index (χ2v) is 25.7. The van der Waals surface area contributed by atoms with Crippen LogP contribution in [0.5, 0.6) is 17.2 Å². The van der Waals surface area contributed by atoms with Crippen molar-refractivity contribution in [2.45, 2.75) is 13.1 Å². The van der Waals surface area contributed by atoms with Gasteiger partial charge in [0.2, 0.25) is 0 Å². The van der Waals surface area contributed by atoms with Crippen LogP contribution >= 0.6 is 0 Å². The van der Waals surface area contributed by atoms with Crippen LogP contribution in [0.25, 0.3) is 77.0 Å². The number of hydrogen-bond donors (Lipinski definition) is 0. The Morgan fingerprint density at radius 3 is 1.00 bits per heavy atom. The van der Waals surface area contributed by atoms with Gasteiger partial charge in [-0.1, -0.05) is 98.0 Å². The summed E-state index contributed by atoms with van der Waals surface area (Å²) in [5.41, 5.74) is 12.6. The molecule has 0 N–H and O–H groups in total. The first-order valence-electron chi connectivity index (χ1n) is 25.4. The fourth-order valence-electron chi connectivity index (χ4n) is 10.0. The van der Waals surface area contributed by atoms with E-state index in [0.29, 0.717) is 17.2 Å². The summed E-state index contributed by atoms with van der Waals surface area (Å²) in [4.78, 5) is 33.3. The standard InChI is InChI=1S/C38H30N4Si.3C9H7NO.Ga/c1-43(2)37(33-23-13-21-31(41-33)29-19-9-11-25-39-29)35(27-15-5-3-6-16-27)36(28-17-7-4-8-18-28)38(43)34-24-14-22-32(42-34)30-20-10-12-26-40-30;3*11-8-5-1-3-7-4-2-6-10-9(7)8;/h3-26H,1-2H3;3*1-6,11H;/q;;;;+3/p-3. The van der Waals surface area contributed by atoms with Gasteiger partial charge in [0.05, 0.1) is 34.2 Å². The predicted octanol–water partition coefficient (Wildman–Crippen LogP) is 14.8. The minimum absolute atomic E-state index is 0.629. The summed E-state index contributed by atoms with van der Waals surface area (Å²) in [7, 11) is -2.43. The Balaban J connectivity index is 0.000000159. The Hall–Kier alpha value is -9.34. The number of nitrogens with zero attached hydrogens (tertiary/aromatic N) is 7. The molecule has 0 fully saturated rings. The molecule has 5 aromatic carbocycles. The van der Waals surface area contributed by atoms with Gasteiger partial charge in [-0.3, -0.25) is 9.97 Å². The van der Waals surface area contributed by atoms with Gasteiger partial charge in [-0.15, -0.1) is 0 Å². The second kappa shape index (κ2) is 21.9. The average molecular weight is 1070 g/mol. The molecule has 0 amide bonds. The minimum atomic E-state index is -3.46. The molecular formula is C65H48GaN7O3Si. The molecule has 77 heavy (non-hydrogen) atoms. The first-order valence-corrected chi connectivity index (χ1v) is 31.3. The quantitative estimate of drug-likeness (QED) is 0.109. The van der Waals surface area contributed by atoms with Gasteiger partial charge in [0.15, 0.2) is 0 Å². The molecule has 8 heterocycles. The van der Waals surface area contributed by atoms with E-state index in [9.17, 15) is 0 Å². The number of benzene rings is 5. The van der Waals surface area contributed by atoms with E-state index in [2.05, 4.69) is 123 Å². The zero-order valence-electron chi connectivity index (χ0n) is 42.2. The van der Waals surface area contributed by atoms with Gasteiger partial charge in [0.1, 0.15) is 8.07 Å². The van der Waals surface area contributed by atoms with Gasteiger partial charge < -0.3 is 0 Å². The summed E-state index contributed by atoms with van der Waals surface area (Å²) in [6.45, 7) is 4.86. The zero-order chi connectivity index (χ0) is 52.0. The van der Waals surface area contributed by atoms with E-state index in [0.717, 1.165) is 66.9 Å². The van der Waals surface area contributed by atoms with E-state index in [1.807, 2.05) is 152 Å². The van der Waals surface area contributed by atoms with E-state index in [4.69, 9.17) is 20.6 Å². The van der Waals surface area contributed by atoms with Crippen LogP contribution in [-0.4, -0.2) is 60.3 Å². The van der Waals surface area contributed by atoms with Crippen molar-refractivity contribution in [1.82, 2.24) is 34.9 Å². The Morgan fingerprint density at radius 1 is 0.299 bits per heavy atom. The van der Waals surface area contributed by atoms with Crippen LogP contribution in [0.2, 0.25) is 13.1 Å². The van der Waals surface area contributed by atoms with Crippen molar-refractivity contribution in [2.75, 3.05) is 0 Å². The number of aromatic nitrogens is 7. The van der Waals surface area contributed by atoms with Crippen molar-refractivity contribution >= 4 is 79.6 Å². The van der Waals surface area contributed by atoms with Crippen LogP contribution in [-0.2, 0) is 0 Å². The predicted molar refractivity (Wildman–Crippen MR) is 312 cm³/mol. The maximum absolute atomic E-state index is 6.46. The van der Waals surface area contributed by atoms with Gasteiger partial charge in [-0.05, 0) is 81.2 Å². The molecule has 0 atom stereocenters. The molecule has 0 bridgehead atoms. The first-order chi connectivity index (χ1) is 38.0. The zero-order valence-corrected chi connectivity index (χ0v) is 45.6. The van der Waals surface area contributed by atoms with E-state index in [1.54, 1.807) is 18.6 Å². The molecule has 0 saturated carbocycles. The molecule has 368 valence electrons. The van der Waals surface area contributed by atoms with Crippen LogP contribution in [0, 0.1) is 0 Å². The van der Waals surface area contributed by atoms with E-state index >= 15 is 0 Å². The molecular weight excluding hydrogens is 1020 g/mol. The molecule has 13 rings (SSSR count). The summed E-state index contributed by atoms with van der Waals surface area (Å²) in [6.07, 6.45) is 8.90. The summed E-state index contributed by atoms with van der Waals surface area (Å²) in [5.74, 6) is 1.89. The molecule has 0 radical (unpaired) electrons. The second-order valence-electron chi connectivity index (χ2n) is 18.7. The molecule has 10 nitrogen and oxygen atoms in total. The van der Waals surface area contributed by atoms with E-state index < -0.39 is 25.4 Å². The van der Waals surface area contributed by atoms with Crippen molar-refractivity contribution in [3.05, 3.63) is 278 Å². The molecule has 0 unspecified atom stereocenters. The van der Waals surface area contributed by atoms with Gasteiger partial charge in [-0.2, -0.15) is 0 Å². The summed E-state index contributed by atoms with van der Waals surface area (Å²) in [5, 5.41) is 5.56. The third-order valence-electron chi connectivity index (χ3n) is 13.4. The van der Waals surface area contributed by atoms with Gasteiger partial charge in [0.25, 0.3) is 0 Å². The molecule has 12 heteroatoms. The summed E-state index contributed by atoms with van der Waals surface area (Å²) < 4.78 is 19.4. The van der Waals surface area contributed by atoms with E-state index in [-0.39, 0.29) is 0 Å². The molecule has 0 saturated heterocycles. The fraction of sp³-hybridized carbons (Fsp3) is 0.0308. The third-order valence-corrected chi connectivity index (χ3v) is 19.8. The Bertz CT molecular complexity index is 3780. The number of allylic oxidation sites excluding steroid dienone is 2. The molecule has 7 aromatic heterocycles. The van der Waals surface area contributed by atoms with Gasteiger partial charge in [0, 0.05) is 12.4 Å². The Morgan fingerprint density at radius 2 is 0.623 bits per heavy atom. The van der Waals surface area contributed by atoms with Crippen molar-refractivity contribution < 1.29 is 10.6 Å². The van der Waals surface area contributed by atoms with Crippen LogP contribution in [0.3, 0.4) is 0 Å². The summed E-state index contributed by atoms with van der Waals surface area (Å²) in [6, 6.07) is 75.2. The fourth-order valence-corrected chi connectivity index (χ4v) is 16.4. The Kier molecular flexibility index (Phi) is 13.8. The first kappa shape index (κ1) is 48.6. The van der Waals surface area contributed by atoms with Crippen molar-refractivity contribution in [1.29, 1.82) is 0 Å². The Labute approximate surface area is 453 Å². The molecule has 1 aliphatic heterocycles. The number of para-hydroxylation sites is 3. The van der Waals surface area contributed by atoms with Crippen LogP contribution in [0.15, 0.2) is 255 Å². The maximum atomic E-state index is 6.46. The molecule has 12 aromatic rings. The average Bonchev–Trinajstić information content (AvgIpc) is 4.01. The van der Waals surface area contributed by atoms with Crippen LogP contribution in [0.4, 0.5) is 0 Å². The van der Waals surface area contributed by atoms with Crippen molar-refractivity contribution in [2.24, 2.45) is 0 Å². The van der Waals surface area contributed by atoms with Crippen LogP contribution < -0.4 is 10.6 Å². The van der Waals surface area contributed by atoms with Crippen molar-refractivity contribution in [3.63, 3.8) is 0 Å². The number of rotatable bonds is 12. The van der Waals surface area contributed by atoms with Crippen LogP contribution in [0.1, 0.15) is 22.5 Å². The normalized spacial score (nSPS) is 12.8. The van der Waals surface area contributed by atoms with Gasteiger partial charge >= 0.3 is 202 Å². The number of pyridine rings is 7.